The fourth-order valence-electron chi connectivity index (χ4n) is 2.91. The van der Waals surface area contributed by atoms with Gasteiger partial charge in [0.2, 0.25) is 0 Å². The van der Waals surface area contributed by atoms with Crippen LogP contribution in [0, 0.1) is 19.7 Å². The monoisotopic (exact) mass is 337 g/mol. The molecule has 0 N–H and O–H groups in total. The van der Waals surface area contributed by atoms with Crippen LogP contribution in [0.25, 0.3) is 5.69 Å². The molecular formula is C20H20FN3O. The molecule has 1 amide bonds. The number of hydrogen-bond acceptors (Lipinski definition) is 2. The van der Waals surface area contributed by atoms with Crippen LogP contribution in [-0.4, -0.2) is 27.6 Å². The van der Waals surface area contributed by atoms with E-state index in [1.807, 2.05) is 44.2 Å². The summed E-state index contributed by atoms with van der Waals surface area (Å²) in [7, 11) is 1.78. The molecule has 0 fully saturated rings. The summed E-state index contributed by atoms with van der Waals surface area (Å²) in [5, 5.41) is 4.47. The maximum absolute atomic E-state index is 13.1. The summed E-state index contributed by atoms with van der Waals surface area (Å²) in [5.74, 6) is -0.378. The Hall–Kier alpha value is -2.95. The number of carbonyl (C=O) groups excluding carboxylic acids is 1. The molecule has 4 nitrogen and oxygen atoms in total. The fraction of sp³-hybridized carbons (Fsp3) is 0.200. The number of benzene rings is 2. The maximum atomic E-state index is 13.1. The Morgan fingerprint density at radius 3 is 2.36 bits per heavy atom. The van der Waals surface area contributed by atoms with Gasteiger partial charge in [-0.05, 0) is 43.7 Å². The van der Waals surface area contributed by atoms with E-state index in [0.29, 0.717) is 17.8 Å². The van der Waals surface area contributed by atoms with Crippen LogP contribution in [0.3, 0.4) is 0 Å². The highest BCUT2D eigenvalue weighted by atomic mass is 19.1. The highest BCUT2D eigenvalue weighted by Crippen LogP contribution is 2.20. The first kappa shape index (κ1) is 16.9. The van der Waals surface area contributed by atoms with Crippen LogP contribution in [0.5, 0.6) is 0 Å². The van der Waals surface area contributed by atoms with E-state index in [0.717, 1.165) is 16.9 Å². The number of amides is 1. The molecule has 0 unspecified atom stereocenters. The van der Waals surface area contributed by atoms with Crippen molar-refractivity contribution in [3.63, 3.8) is 0 Å². The lowest BCUT2D eigenvalue weighted by Gasteiger charge is -2.17. The summed E-state index contributed by atoms with van der Waals surface area (Å²) >= 11 is 0. The lowest BCUT2D eigenvalue weighted by Crippen LogP contribution is -2.27. The zero-order valence-electron chi connectivity index (χ0n) is 14.5. The maximum Gasteiger partial charge on any atom is 0.257 e. The quantitative estimate of drug-likeness (QED) is 0.724. The molecule has 0 bridgehead atoms. The van der Waals surface area contributed by atoms with Crippen molar-refractivity contribution in [3.8, 4) is 5.69 Å². The summed E-state index contributed by atoms with van der Waals surface area (Å²) in [6, 6.07) is 15.9. The van der Waals surface area contributed by atoms with Crippen LogP contribution in [0.15, 0.2) is 54.6 Å². The van der Waals surface area contributed by atoms with E-state index >= 15 is 0 Å². The average Bonchev–Trinajstić information content (AvgIpc) is 2.90. The second-order valence-electron chi connectivity index (χ2n) is 6.08. The second-order valence-corrected chi connectivity index (χ2v) is 6.08. The Bertz CT molecular complexity index is 885. The molecule has 0 aliphatic rings. The minimum absolute atomic E-state index is 0.0767. The Balaban J connectivity index is 1.89. The number of hydrogen-bond donors (Lipinski definition) is 0. The molecule has 25 heavy (non-hydrogen) atoms. The molecule has 0 saturated carbocycles. The molecule has 2 aromatic carbocycles. The van der Waals surface area contributed by atoms with Crippen molar-refractivity contribution in [2.75, 3.05) is 7.05 Å². The van der Waals surface area contributed by atoms with E-state index in [1.165, 1.54) is 12.1 Å². The average molecular weight is 337 g/mol. The summed E-state index contributed by atoms with van der Waals surface area (Å²) < 4.78 is 14.8. The van der Waals surface area contributed by atoms with Crippen LogP contribution in [0.1, 0.15) is 27.3 Å². The summed E-state index contributed by atoms with van der Waals surface area (Å²) in [6.45, 7) is 4.20. The van der Waals surface area contributed by atoms with Crippen molar-refractivity contribution >= 4 is 5.91 Å². The number of halogens is 1. The first-order valence-corrected chi connectivity index (χ1v) is 8.09. The molecule has 1 heterocycles. The molecule has 3 rings (SSSR count). The van der Waals surface area contributed by atoms with Crippen molar-refractivity contribution in [1.82, 2.24) is 14.7 Å². The van der Waals surface area contributed by atoms with Crippen LogP contribution < -0.4 is 0 Å². The molecule has 0 aliphatic heterocycles. The topological polar surface area (TPSA) is 38.1 Å². The molecular weight excluding hydrogens is 317 g/mol. The van der Waals surface area contributed by atoms with Gasteiger partial charge in [-0.1, -0.05) is 30.3 Å². The van der Waals surface area contributed by atoms with Crippen molar-refractivity contribution in [1.29, 1.82) is 0 Å². The first-order chi connectivity index (χ1) is 12.0. The predicted molar refractivity (Wildman–Crippen MR) is 95.2 cm³/mol. The normalized spacial score (nSPS) is 10.7. The second kappa shape index (κ2) is 6.89. The van der Waals surface area contributed by atoms with Gasteiger partial charge in [-0.2, -0.15) is 5.10 Å². The minimum atomic E-state index is -0.302. The highest BCUT2D eigenvalue weighted by Gasteiger charge is 2.22. The molecule has 3 aromatic rings. The molecule has 0 saturated heterocycles. The number of aromatic nitrogens is 2. The fourth-order valence-corrected chi connectivity index (χ4v) is 2.91. The molecule has 128 valence electrons. The van der Waals surface area contributed by atoms with Gasteiger partial charge in [0.05, 0.1) is 22.6 Å². The van der Waals surface area contributed by atoms with E-state index in [1.54, 1.807) is 28.8 Å². The van der Waals surface area contributed by atoms with Crippen LogP contribution in [0.2, 0.25) is 0 Å². The van der Waals surface area contributed by atoms with E-state index in [-0.39, 0.29) is 11.7 Å². The van der Waals surface area contributed by atoms with Gasteiger partial charge in [0.1, 0.15) is 5.82 Å². The van der Waals surface area contributed by atoms with E-state index < -0.39 is 0 Å². The number of aryl methyl sites for hydroxylation is 1. The SMILES string of the molecule is Cc1nn(-c2ccc(F)cc2)c(C)c1C(=O)N(C)Cc1ccccc1. The Kier molecular flexibility index (Phi) is 4.65. The number of rotatable bonds is 4. The third-order valence-corrected chi connectivity index (χ3v) is 4.19. The van der Waals surface area contributed by atoms with Gasteiger partial charge in [0.25, 0.3) is 5.91 Å². The zero-order valence-corrected chi connectivity index (χ0v) is 14.5. The van der Waals surface area contributed by atoms with Crippen molar-refractivity contribution in [3.05, 3.63) is 82.9 Å². The number of carbonyl (C=O) groups is 1. The number of nitrogens with zero attached hydrogens (tertiary/aromatic N) is 3. The Morgan fingerprint density at radius 1 is 1.08 bits per heavy atom. The van der Waals surface area contributed by atoms with Crippen LogP contribution >= 0.6 is 0 Å². The molecule has 0 aliphatic carbocycles. The van der Waals surface area contributed by atoms with E-state index in [2.05, 4.69) is 5.10 Å². The minimum Gasteiger partial charge on any atom is -0.337 e. The van der Waals surface area contributed by atoms with Crippen molar-refractivity contribution < 1.29 is 9.18 Å². The van der Waals surface area contributed by atoms with Crippen molar-refractivity contribution in [2.45, 2.75) is 20.4 Å². The summed E-state index contributed by atoms with van der Waals surface area (Å²) in [6.07, 6.45) is 0. The van der Waals surface area contributed by atoms with Crippen molar-refractivity contribution in [2.24, 2.45) is 0 Å². The first-order valence-electron chi connectivity index (χ1n) is 8.09. The Morgan fingerprint density at radius 2 is 1.72 bits per heavy atom. The third-order valence-electron chi connectivity index (χ3n) is 4.19. The van der Waals surface area contributed by atoms with Crippen LogP contribution in [-0.2, 0) is 6.54 Å². The largest absolute Gasteiger partial charge is 0.337 e. The summed E-state index contributed by atoms with van der Waals surface area (Å²) in [5.41, 5.74) is 3.79. The van der Waals surface area contributed by atoms with E-state index in [9.17, 15) is 9.18 Å². The van der Waals surface area contributed by atoms with Gasteiger partial charge in [-0.25, -0.2) is 9.07 Å². The Labute approximate surface area is 146 Å². The third kappa shape index (κ3) is 3.45. The molecule has 0 spiro atoms. The van der Waals surface area contributed by atoms with Gasteiger partial charge in [0, 0.05) is 13.6 Å². The molecule has 0 atom stereocenters. The molecule has 5 heteroatoms. The molecule has 0 radical (unpaired) electrons. The van der Waals surface area contributed by atoms with Gasteiger partial charge in [-0.15, -0.1) is 0 Å². The van der Waals surface area contributed by atoms with Gasteiger partial charge in [0.15, 0.2) is 0 Å². The standard InChI is InChI=1S/C20H20FN3O/c1-14-19(20(25)23(3)13-16-7-5-4-6-8-16)15(2)24(22-14)18-11-9-17(21)10-12-18/h4-12H,13H2,1-3H3. The summed E-state index contributed by atoms with van der Waals surface area (Å²) in [4.78, 5) is 14.6. The predicted octanol–water partition coefficient (Wildman–Crippen LogP) is 3.90. The molecule has 1 aromatic heterocycles. The van der Waals surface area contributed by atoms with Crippen LogP contribution in [0.4, 0.5) is 4.39 Å². The lowest BCUT2D eigenvalue weighted by atomic mass is 10.1. The lowest BCUT2D eigenvalue weighted by molar-refractivity contribution is 0.0783. The van der Waals surface area contributed by atoms with Gasteiger partial charge >= 0.3 is 0 Å². The van der Waals surface area contributed by atoms with Gasteiger partial charge in [-0.3, -0.25) is 4.79 Å². The van der Waals surface area contributed by atoms with Gasteiger partial charge < -0.3 is 4.90 Å². The smallest absolute Gasteiger partial charge is 0.257 e. The van der Waals surface area contributed by atoms with E-state index in [4.69, 9.17) is 0 Å². The zero-order chi connectivity index (χ0) is 18.0. The highest BCUT2D eigenvalue weighted by molar-refractivity contribution is 5.96.